The second-order valence-corrected chi connectivity index (χ2v) is 6.79. The topological polar surface area (TPSA) is 69.6 Å². The molecule has 0 bridgehead atoms. The van der Waals surface area contributed by atoms with Crippen molar-refractivity contribution in [2.45, 2.75) is 51.6 Å². The molecule has 0 saturated carbocycles. The molecular weight excluding hydrogens is 240 g/mol. The van der Waals surface area contributed by atoms with Crippen LogP contribution in [0.2, 0.25) is 0 Å². The molecule has 1 saturated heterocycles. The zero-order valence-corrected chi connectivity index (χ0v) is 11.6. The van der Waals surface area contributed by atoms with E-state index in [9.17, 15) is 13.5 Å². The Morgan fingerprint density at radius 1 is 1.29 bits per heavy atom. The van der Waals surface area contributed by atoms with Crippen molar-refractivity contribution in [1.82, 2.24) is 9.03 Å². The van der Waals surface area contributed by atoms with E-state index in [2.05, 4.69) is 4.72 Å². The fraction of sp³-hybridized carbons (Fsp3) is 1.00. The predicted molar refractivity (Wildman–Crippen MR) is 67.9 cm³/mol. The summed E-state index contributed by atoms with van der Waals surface area (Å²) in [6.45, 7) is 4.89. The van der Waals surface area contributed by atoms with E-state index in [0.717, 1.165) is 25.7 Å². The maximum Gasteiger partial charge on any atom is 0.279 e. The zero-order valence-electron chi connectivity index (χ0n) is 10.8. The minimum atomic E-state index is -3.41. The average molecular weight is 264 g/mol. The lowest BCUT2D eigenvalue weighted by Gasteiger charge is -2.28. The predicted octanol–water partition coefficient (Wildman–Crippen LogP) is 0.858. The Morgan fingerprint density at radius 2 is 1.88 bits per heavy atom. The summed E-state index contributed by atoms with van der Waals surface area (Å²) in [6.07, 6.45) is 4.37. The van der Waals surface area contributed by atoms with Gasteiger partial charge in [-0.15, -0.1) is 0 Å². The average Bonchev–Trinajstić information content (AvgIpc) is 2.28. The summed E-state index contributed by atoms with van der Waals surface area (Å²) in [7, 11) is -3.41. The Hall–Kier alpha value is -0.170. The normalized spacial score (nSPS) is 22.3. The molecule has 5 nitrogen and oxygen atoms in total. The van der Waals surface area contributed by atoms with Crippen molar-refractivity contribution in [3.8, 4) is 0 Å². The SMILES string of the molecule is CCCC(C)(O)CNS(=O)(=O)N1CCCCC1. The Kier molecular flexibility index (Phi) is 5.37. The Morgan fingerprint density at radius 3 is 2.41 bits per heavy atom. The summed E-state index contributed by atoms with van der Waals surface area (Å²) in [5.41, 5.74) is -0.961. The summed E-state index contributed by atoms with van der Waals surface area (Å²) in [5, 5.41) is 9.93. The molecule has 1 fully saturated rings. The largest absolute Gasteiger partial charge is 0.389 e. The first-order chi connectivity index (χ1) is 7.87. The number of nitrogens with zero attached hydrogens (tertiary/aromatic N) is 1. The van der Waals surface area contributed by atoms with Crippen LogP contribution in [0.4, 0.5) is 0 Å². The second kappa shape index (κ2) is 6.13. The number of rotatable bonds is 6. The quantitative estimate of drug-likeness (QED) is 0.747. The van der Waals surface area contributed by atoms with Crippen molar-refractivity contribution < 1.29 is 13.5 Å². The molecule has 1 aliphatic rings. The number of hydrogen-bond donors (Lipinski definition) is 2. The molecule has 0 amide bonds. The maximum absolute atomic E-state index is 11.9. The molecule has 0 aromatic carbocycles. The molecule has 17 heavy (non-hydrogen) atoms. The molecule has 1 aliphatic heterocycles. The summed E-state index contributed by atoms with van der Waals surface area (Å²) in [4.78, 5) is 0. The third-order valence-corrected chi connectivity index (χ3v) is 4.63. The standard InChI is InChI=1S/C11H24N2O3S/c1-3-7-11(2,14)10-12-17(15,16)13-8-5-4-6-9-13/h12,14H,3-10H2,1-2H3. The Bertz CT molecular complexity index is 322. The molecule has 2 N–H and O–H groups in total. The fourth-order valence-corrected chi connectivity index (χ4v) is 3.49. The van der Waals surface area contributed by atoms with E-state index in [-0.39, 0.29) is 6.54 Å². The molecule has 102 valence electrons. The monoisotopic (exact) mass is 264 g/mol. The van der Waals surface area contributed by atoms with Crippen LogP contribution in [0.1, 0.15) is 46.0 Å². The van der Waals surface area contributed by atoms with Crippen LogP contribution in [0.3, 0.4) is 0 Å². The van der Waals surface area contributed by atoms with Crippen molar-refractivity contribution in [3.05, 3.63) is 0 Å². The third-order valence-electron chi connectivity index (χ3n) is 3.08. The Labute approximate surface area is 104 Å². The van der Waals surface area contributed by atoms with Crippen LogP contribution in [0.25, 0.3) is 0 Å². The van der Waals surface area contributed by atoms with Gasteiger partial charge in [-0.05, 0) is 26.2 Å². The first-order valence-electron chi connectivity index (χ1n) is 6.34. The van der Waals surface area contributed by atoms with Gasteiger partial charge in [-0.2, -0.15) is 17.4 Å². The van der Waals surface area contributed by atoms with Crippen LogP contribution >= 0.6 is 0 Å². The van der Waals surface area contributed by atoms with E-state index < -0.39 is 15.8 Å². The van der Waals surface area contributed by atoms with Gasteiger partial charge in [-0.3, -0.25) is 0 Å². The van der Waals surface area contributed by atoms with Gasteiger partial charge in [-0.1, -0.05) is 19.8 Å². The third kappa shape index (κ3) is 4.91. The molecule has 0 aliphatic carbocycles. The second-order valence-electron chi connectivity index (χ2n) is 5.03. The first kappa shape index (κ1) is 14.9. The molecule has 6 heteroatoms. The summed E-state index contributed by atoms with van der Waals surface area (Å²) >= 11 is 0. The van der Waals surface area contributed by atoms with Gasteiger partial charge in [0, 0.05) is 19.6 Å². The van der Waals surface area contributed by atoms with Crippen molar-refractivity contribution in [2.24, 2.45) is 0 Å². The minimum absolute atomic E-state index is 0.0830. The van der Waals surface area contributed by atoms with E-state index in [0.29, 0.717) is 19.5 Å². The van der Waals surface area contributed by atoms with Gasteiger partial charge < -0.3 is 5.11 Å². The lowest BCUT2D eigenvalue weighted by molar-refractivity contribution is 0.0549. The van der Waals surface area contributed by atoms with Crippen molar-refractivity contribution in [1.29, 1.82) is 0 Å². The lowest BCUT2D eigenvalue weighted by Crippen LogP contribution is -2.48. The molecule has 1 heterocycles. The fourth-order valence-electron chi connectivity index (χ4n) is 2.07. The van der Waals surface area contributed by atoms with E-state index in [1.165, 1.54) is 4.31 Å². The van der Waals surface area contributed by atoms with Gasteiger partial charge in [-0.25, -0.2) is 0 Å². The number of aliphatic hydroxyl groups is 1. The van der Waals surface area contributed by atoms with Crippen LogP contribution in [-0.2, 0) is 10.2 Å². The van der Waals surface area contributed by atoms with Gasteiger partial charge >= 0.3 is 0 Å². The van der Waals surface area contributed by atoms with E-state index in [1.54, 1.807) is 6.92 Å². The van der Waals surface area contributed by atoms with Gasteiger partial charge in [0.1, 0.15) is 0 Å². The molecule has 0 aromatic rings. The molecule has 1 unspecified atom stereocenters. The summed E-state index contributed by atoms with van der Waals surface area (Å²) in [5.74, 6) is 0. The van der Waals surface area contributed by atoms with E-state index >= 15 is 0 Å². The number of hydrogen-bond acceptors (Lipinski definition) is 3. The smallest absolute Gasteiger partial charge is 0.279 e. The molecule has 0 radical (unpaired) electrons. The van der Waals surface area contributed by atoms with E-state index in [4.69, 9.17) is 0 Å². The minimum Gasteiger partial charge on any atom is -0.389 e. The van der Waals surface area contributed by atoms with Crippen molar-refractivity contribution in [2.75, 3.05) is 19.6 Å². The van der Waals surface area contributed by atoms with E-state index in [1.807, 2.05) is 6.92 Å². The van der Waals surface area contributed by atoms with Crippen LogP contribution < -0.4 is 4.72 Å². The highest BCUT2D eigenvalue weighted by Gasteiger charge is 2.27. The highest BCUT2D eigenvalue weighted by molar-refractivity contribution is 7.87. The van der Waals surface area contributed by atoms with Gasteiger partial charge in [0.25, 0.3) is 10.2 Å². The summed E-state index contributed by atoms with van der Waals surface area (Å²) in [6, 6.07) is 0. The van der Waals surface area contributed by atoms with Gasteiger partial charge in [0.05, 0.1) is 5.60 Å². The number of piperidine rings is 1. The highest BCUT2D eigenvalue weighted by Crippen LogP contribution is 2.14. The van der Waals surface area contributed by atoms with Gasteiger partial charge in [0.15, 0.2) is 0 Å². The zero-order chi connectivity index (χ0) is 12.9. The van der Waals surface area contributed by atoms with Crippen LogP contribution in [0.15, 0.2) is 0 Å². The summed E-state index contributed by atoms with van der Waals surface area (Å²) < 4.78 is 27.9. The van der Waals surface area contributed by atoms with Crippen LogP contribution in [0.5, 0.6) is 0 Å². The molecule has 1 atom stereocenters. The first-order valence-corrected chi connectivity index (χ1v) is 7.78. The van der Waals surface area contributed by atoms with Crippen LogP contribution in [-0.4, -0.2) is 43.1 Å². The molecule has 1 rings (SSSR count). The van der Waals surface area contributed by atoms with Gasteiger partial charge in [0.2, 0.25) is 0 Å². The van der Waals surface area contributed by atoms with Crippen molar-refractivity contribution in [3.63, 3.8) is 0 Å². The van der Waals surface area contributed by atoms with Crippen molar-refractivity contribution >= 4 is 10.2 Å². The highest BCUT2D eigenvalue weighted by atomic mass is 32.2. The Balaban J connectivity index is 2.49. The van der Waals surface area contributed by atoms with Crippen LogP contribution in [0, 0.1) is 0 Å². The number of nitrogens with one attached hydrogen (secondary N) is 1. The molecule has 0 spiro atoms. The molecular formula is C11H24N2O3S. The maximum atomic E-state index is 11.9. The lowest BCUT2D eigenvalue weighted by atomic mass is 10.0. The molecule has 0 aromatic heterocycles.